The first kappa shape index (κ1) is 16.3. The summed E-state index contributed by atoms with van der Waals surface area (Å²) in [5, 5.41) is 6.78. The Morgan fingerprint density at radius 3 is 2.26 bits per heavy atom. The summed E-state index contributed by atoms with van der Waals surface area (Å²) in [6, 6.07) is 0. The van der Waals surface area contributed by atoms with Gasteiger partial charge in [-0.05, 0) is 39.0 Å². The SMILES string of the molecule is CN=C(NCCN1CC(C)CC(C)C1)NC(C)(C)C. The van der Waals surface area contributed by atoms with E-state index in [1.165, 1.54) is 19.5 Å². The largest absolute Gasteiger partial charge is 0.355 e. The van der Waals surface area contributed by atoms with Crippen molar-refractivity contribution in [2.75, 3.05) is 33.2 Å². The predicted molar refractivity (Wildman–Crippen MR) is 83.6 cm³/mol. The smallest absolute Gasteiger partial charge is 0.191 e. The molecule has 19 heavy (non-hydrogen) atoms. The second kappa shape index (κ2) is 7.13. The number of hydrogen-bond acceptors (Lipinski definition) is 2. The van der Waals surface area contributed by atoms with Crippen LogP contribution in [0.2, 0.25) is 0 Å². The van der Waals surface area contributed by atoms with Gasteiger partial charge in [0.05, 0.1) is 0 Å². The number of nitrogens with zero attached hydrogens (tertiary/aromatic N) is 2. The van der Waals surface area contributed by atoms with Crippen LogP contribution in [-0.4, -0.2) is 49.6 Å². The van der Waals surface area contributed by atoms with E-state index in [4.69, 9.17) is 0 Å². The lowest BCUT2D eigenvalue weighted by Crippen LogP contribution is -2.50. The van der Waals surface area contributed by atoms with E-state index < -0.39 is 0 Å². The maximum absolute atomic E-state index is 4.26. The second-order valence-corrected chi connectivity index (χ2v) is 7.08. The van der Waals surface area contributed by atoms with Gasteiger partial charge in [0.2, 0.25) is 0 Å². The summed E-state index contributed by atoms with van der Waals surface area (Å²) < 4.78 is 0. The molecule has 2 atom stereocenters. The third kappa shape index (κ3) is 6.81. The Labute approximate surface area is 119 Å². The van der Waals surface area contributed by atoms with E-state index >= 15 is 0 Å². The zero-order chi connectivity index (χ0) is 14.5. The minimum Gasteiger partial charge on any atom is -0.355 e. The van der Waals surface area contributed by atoms with Gasteiger partial charge in [-0.15, -0.1) is 0 Å². The minimum absolute atomic E-state index is 0.0516. The van der Waals surface area contributed by atoms with E-state index in [0.717, 1.165) is 30.9 Å². The maximum Gasteiger partial charge on any atom is 0.191 e. The lowest BCUT2D eigenvalue weighted by atomic mass is 9.92. The van der Waals surface area contributed by atoms with Gasteiger partial charge in [-0.25, -0.2) is 0 Å². The van der Waals surface area contributed by atoms with E-state index in [1.54, 1.807) is 0 Å². The van der Waals surface area contributed by atoms with Crippen LogP contribution < -0.4 is 10.6 Å². The van der Waals surface area contributed by atoms with Crippen molar-refractivity contribution in [3.8, 4) is 0 Å². The van der Waals surface area contributed by atoms with Gasteiger partial charge in [0.1, 0.15) is 0 Å². The predicted octanol–water partition coefficient (Wildman–Crippen LogP) is 1.93. The monoisotopic (exact) mass is 268 g/mol. The molecule has 2 unspecified atom stereocenters. The van der Waals surface area contributed by atoms with Gasteiger partial charge in [-0.3, -0.25) is 4.99 Å². The molecule has 1 heterocycles. The van der Waals surface area contributed by atoms with Crippen LogP contribution in [0.1, 0.15) is 41.0 Å². The molecule has 1 aliphatic heterocycles. The van der Waals surface area contributed by atoms with Crippen LogP contribution >= 0.6 is 0 Å². The number of likely N-dealkylation sites (tertiary alicyclic amines) is 1. The molecule has 0 aromatic rings. The Morgan fingerprint density at radius 1 is 1.21 bits per heavy atom. The van der Waals surface area contributed by atoms with Gasteiger partial charge < -0.3 is 15.5 Å². The summed E-state index contributed by atoms with van der Waals surface area (Å²) in [4.78, 5) is 6.83. The van der Waals surface area contributed by atoms with Gasteiger partial charge in [0.25, 0.3) is 0 Å². The van der Waals surface area contributed by atoms with Gasteiger partial charge in [-0.2, -0.15) is 0 Å². The van der Waals surface area contributed by atoms with E-state index in [1.807, 2.05) is 7.05 Å². The van der Waals surface area contributed by atoms with Crippen molar-refractivity contribution >= 4 is 5.96 Å². The Kier molecular flexibility index (Phi) is 6.11. The molecule has 0 saturated carbocycles. The van der Waals surface area contributed by atoms with Crippen LogP contribution in [0.3, 0.4) is 0 Å². The Bertz CT molecular complexity index is 283. The number of guanidine groups is 1. The molecule has 0 spiro atoms. The Balaban J connectivity index is 2.29. The third-order valence-corrected chi connectivity index (χ3v) is 3.38. The fourth-order valence-corrected chi connectivity index (χ4v) is 2.84. The van der Waals surface area contributed by atoms with E-state index in [2.05, 4.69) is 55.1 Å². The molecule has 1 aliphatic rings. The first-order valence-corrected chi connectivity index (χ1v) is 7.51. The Hall–Kier alpha value is -0.770. The summed E-state index contributed by atoms with van der Waals surface area (Å²) in [7, 11) is 1.83. The van der Waals surface area contributed by atoms with Crippen LogP contribution in [0.15, 0.2) is 4.99 Å². The van der Waals surface area contributed by atoms with Crippen LogP contribution in [0.4, 0.5) is 0 Å². The molecule has 0 aliphatic carbocycles. The quantitative estimate of drug-likeness (QED) is 0.607. The second-order valence-electron chi connectivity index (χ2n) is 7.08. The molecule has 112 valence electrons. The highest BCUT2D eigenvalue weighted by atomic mass is 15.2. The topological polar surface area (TPSA) is 39.7 Å². The molecule has 1 fully saturated rings. The average Bonchev–Trinajstić information content (AvgIpc) is 2.24. The summed E-state index contributed by atoms with van der Waals surface area (Å²) >= 11 is 0. The van der Waals surface area contributed by atoms with Gasteiger partial charge in [0, 0.05) is 38.8 Å². The molecule has 2 N–H and O–H groups in total. The summed E-state index contributed by atoms with van der Waals surface area (Å²) in [5.74, 6) is 2.55. The van der Waals surface area contributed by atoms with Crippen molar-refractivity contribution in [3.05, 3.63) is 0 Å². The standard InChI is InChI=1S/C15H32N4/c1-12-9-13(2)11-19(10-12)8-7-17-14(16-6)18-15(3,4)5/h12-13H,7-11H2,1-6H3,(H2,16,17,18). The number of nitrogens with one attached hydrogen (secondary N) is 2. The van der Waals surface area contributed by atoms with Crippen molar-refractivity contribution in [2.24, 2.45) is 16.8 Å². The normalized spacial score (nSPS) is 26.3. The first-order chi connectivity index (χ1) is 8.80. The van der Waals surface area contributed by atoms with Crippen LogP contribution in [0, 0.1) is 11.8 Å². The molecule has 1 rings (SSSR count). The summed E-state index contributed by atoms with van der Waals surface area (Å²) in [6.45, 7) is 15.7. The van der Waals surface area contributed by atoms with Crippen molar-refractivity contribution in [3.63, 3.8) is 0 Å². The molecule has 0 aromatic heterocycles. The molecular weight excluding hydrogens is 236 g/mol. The highest BCUT2D eigenvalue weighted by Gasteiger charge is 2.21. The third-order valence-electron chi connectivity index (χ3n) is 3.38. The fraction of sp³-hybridized carbons (Fsp3) is 0.933. The van der Waals surface area contributed by atoms with Crippen molar-refractivity contribution in [1.29, 1.82) is 0 Å². The molecule has 4 nitrogen and oxygen atoms in total. The molecule has 0 amide bonds. The van der Waals surface area contributed by atoms with Crippen molar-refractivity contribution < 1.29 is 0 Å². The van der Waals surface area contributed by atoms with E-state index in [9.17, 15) is 0 Å². The number of aliphatic imine (C=N–C) groups is 1. The number of rotatable bonds is 3. The minimum atomic E-state index is 0.0516. The lowest BCUT2D eigenvalue weighted by molar-refractivity contribution is 0.143. The lowest BCUT2D eigenvalue weighted by Gasteiger charge is -2.35. The van der Waals surface area contributed by atoms with Crippen LogP contribution in [0.25, 0.3) is 0 Å². The van der Waals surface area contributed by atoms with Crippen LogP contribution in [-0.2, 0) is 0 Å². The molecule has 0 aromatic carbocycles. The summed E-state index contributed by atoms with van der Waals surface area (Å²) in [6.07, 6.45) is 1.37. The van der Waals surface area contributed by atoms with Crippen LogP contribution in [0.5, 0.6) is 0 Å². The van der Waals surface area contributed by atoms with E-state index in [-0.39, 0.29) is 5.54 Å². The zero-order valence-corrected chi connectivity index (χ0v) is 13.6. The van der Waals surface area contributed by atoms with Crippen molar-refractivity contribution in [1.82, 2.24) is 15.5 Å². The highest BCUT2D eigenvalue weighted by Crippen LogP contribution is 2.20. The fourth-order valence-electron chi connectivity index (χ4n) is 2.84. The first-order valence-electron chi connectivity index (χ1n) is 7.51. The zero-order valence-electron chi connectivity index (χ0n) is 13.6. The maximum atomic E-state index is 4.26. The van der Waals surface area contributed by atoms with Crippen molar-refractivity contribution in [2.45, 2.75) is 46.6 Å². The number of piperidine rings is 1. The molecule has 4 heteroatoms. The Morgan fingerprint density at radius 2 is 1.79 bits per heavy atom. The molecule has 0 bridgehead atoms. The summed E-state index contributed by atoms with van der Waals surface area (Å²) in [5.41, 5.74) is 0.0516. The average molecular weight is 268 g/mol. The van der Waals surface area contributed by atoms with Gasteiger partial charge in [-0.1, -0.05) is 13.8 Å². The highest BCUT2D eigenvalue weighted by molar-refractivity contribution is 5.80. The van der Waals surface area contributed by atoms with E-state index in [0.29, 0.717) is 0 Å². The van der Waals surface area contributed by atoms with Gasteiger partial charge >= 0.3 is 0 Å². The molecule has 0 radical (unpaired) electrons. The molecule has 1 saturated heterocycles. The molecular formula is C15H32N4. The number of hydrogen-bond donors (Lipinski definition) is 2. The van der Waals surface area contributed by atoms with Gasteiger partial charge in [0.15, 0.2) is 5.96 Å².